The molecule has 0 heterocycles. The molecule has 0 aliphatic carbocycles. The van der Waals surface area contributed by atoms with Crippen molar-refractivity contribution in [1.29, 1.82) is 0 Å². The standard InChI is InChI=1S/C9H18OS/c1-5-9(2,3)8(10)6-7-11-4/h5-7H2,1-4H3. The molecule has 0 radical (unpaired) electrons. The quantitative estimate of drug-likeness (QED) is 0.637. The van der Waals surface area contributed by atoms with Gasteiger partial charge in [-0.3, -0.25) is 4.79 Å². The Bertz CT molecular complexity index is 130. The minimum Gasteiger partial charge on any atom is -0.299 e. The lowest BCUT2D eigenvalue weighted by atomic mass is 9.84. The van der Waals surface area contributed by atoms with Crippen LogP contribution in [-0.4, -0.2) is 17.8 Å². The average Bonchev–Trinajstić information content (AvgIpc) is 2.00. The first-order chi connectivity index (χ1) is 5.04. The van der Waals surface area contributed by atoms with Crippen LogP contribution in [0, 0.1) is 5.41 Å². The second-order valence-electron chi connectivity index (χ2n) is 3.40. The highest BCUT2D eigenvalue weighted by Crippen LogP contribution is 2.22. The molecule has 0 atom stereocenters. The van der Waals surface area contributed by atoms with E-state index in [-0.39, 0.29) is 5.41 Å². The molecule has 0 bridgehead atoms. The molecule has 0 rings (SSSR count). The highest BCUT2D eigenvalue weighted by atomic mass is 32.2. The van der Waals surface area contributed by atoms with E-state index in [0.29, 0.717) is 5.78 Å². The van der Waals surface area contributed by atoms with E-state index in [4.69, 9.17) is 0 Å². The number of hydrogen-bond donors (Lipinski definition) is 0. The van der Waals surface area contributed by atoms with Gasteiger partial charge in [-0.25, -0.2) is 0 Å². The Labute approximate surface area is 73.9 Å². The lowest BCUT2D eigenvalue weighted by Gasteiger charge is -2.20. The van der Waals surface area contributed by atoms with E-state index in [1.165, 1.54) is 0 Å². The Balaban J connectivity index is 3.82. The highest BCUT2D eigenvalue weighted by molar-refractivity contribution is 7.98. The predicted molar refractivity (Wildman–Crippen MR) is 52.1 cm³/mol. The van der Waals surface area contributed by atoms with Crippen molar-refractivity contribution in [2.75, 3.05) is 12.0 Å². The van der Waals surface area contributed by atoms with Gasteiger partial charge in [0.25, 0.3) is 0 Å². The van der Waals surface area contributed by atoms with Crippen LogP contribution in [0.1, 0.15) is 33.6 Å². The third-order valence-electron chi connectivity index (χ3n) is 2.17. The zero-order valence-corrected chi connectivity index (χ0v) is 8.75. The summed E-state index contributed by atoms with van der Waals surface area (Å²) in [5.41, 5.74) is -0.101. The molecule has 0 aromatic heterocycles. The van der Waals surface area contributed by atoms with Gasteiger partial charge in [0.05, 0.1) is 0 Å². The summed E-state index contributed by atoms with van der Waals surface area (Å²) in [6.07, 6.45) is 3.70. The molecule has 1 nitrogen and oxygen atoms in total. The maximum absolute atomic E-state index is 11.4. The van der Waals surface area contributed by atoms with E-state index in [1.54, 1.807) is 11.8 Å². The van der Waals surface area contributed by atoms with E-state index in [2.05, 4.69) is 6.92 Å². The van der Waals surface area contributed by atoms with Gasteiger partial charge in [0.1, 0.15) is 5.78 Å². The number of carbonyl (C=O) groups excluding carboxylic acids is 1. The molecule has 11 heavy (non-hydrogen) atoms. The number of ketones is 1. The zero-order chi connectivity index (χ0) is 8.91. The molecule has 0 saturated heterocycles. The summed E-state index contributed by atoms with van der Waals surface area (Å²) in [4.78, 5) is 11.4. The summed E-state index contributed by atoms with van der Waals surface area (Å²) < 4.78 is 0. The Hall–Kier alpha value is 0.0200. The molecule has 0 aromatic rings. The summed E-state index contributed by atoms with van der Waals surface area (Å²) in [6, 6.07) is 0. The van der Waals surface area contributed by atoms with Crippen LogP contribution in [-0.2, 0) is 4.79 Å². The van der Waals surface area contributed by atoms with Gasteiger partial charge in [0.2, 0.25) is 0 Å². The van der Waals surface area contributed by atoms with Crippen LogP contribution in [0.3, 0.4) is 0 Å². The normalized spacial score (nSPS) is 11.6. The van der Waals surface area contributed by atoms with Crippen LogP contribution >= 0.6 is 11.8 Å². The first kappa shape index (κ1) is 11.0. The molecule has 0 spiro atoms. The number of thioether (sulfide) groups is 1. The molecule has 2 heteroatoms. The summed E-state index contributed by atoms with van der Waals surface area (Å²) in [5, 5.41) is 0. The van der Waals surface area contributed by atoms with Crippen LogP contribution in [0.4, 0.5) is 0 Å². The monoisotopic (exact) mass is 174 g/mol. The summed E-state index contributed by atoms with van der Waals surface area (Å²) in [5.74, 6) is 1.36. The van der Waals surface area contributed by atoms with E-state index in [9.17, 15) is 4.79 Å². The third-order valence-corrected chi connectivity index (χ3v) is 2.78. The molecule has 66 valence electrons. The Morgan fingerprint density at radius 2 is 2.00 bits per heavy atom. The van der Waals surface area contributed by atoms with Crippen molar-refractivity contribution in [3.8, 4) is 0 Å². The number of hydrogen-bond acceptors (Lipinski definition) is 2. The van der Waals surface area contributed by atoms with Crippen molar-refractivity contribution in [3.63, 3.8) is 0 Å². The highest BCUT2D eigenvalue weighted by Gasteiger charge is 2.23. The Morgan fingerprint density at radius 1 is 1.45 bits per heavy atom. The van der Waals surface area contributed by atoms with E-state index < -0.39 is 0 Å². The minimum absolute atomic E-state index is 0.101. The van der Waals surface area contributed by atoms with Crippen molar-refractivity contribution in [1.82, 2.24) is 0 Å². The van der Waals surface area contributed by atoms with Gasteiger partial charge >= 0.3 is 0 Å². The molecule has 0 aliphatic heterocycles. The Morgan fingerprint density at radius 3 is 2.36 bits per heavy atom. The van der Waals surface area contributed by atoms with Gasteiger partial charge in [0, 0.05) is 11.8 Å². The van der Waals surface area contributed by atoms with Crippen LogP contribution in [0.25, 0.3) is 0 Å². The lowest BCUT2D eigenvalue weighted by molar-refractivity contribution is -0.126. The molecular weight excluding hydrogens is 156 g/mol. The average molecular weight is 174 g/mol. The van der Waals surface area contributed by atoms with Gasteiger partial charge in [-0.2, -0.15) is 11.8 Å². The van der Waals surface area contributed by atoms with E-state index in [1.807, 2.05) is 20.1 Å². The van der Waals surface area contributed by atoms with Crippen molar-refractivity contribution in [2.45, 2.75) is 33.6 Å². The van der Waals surface area contributed by atoms with Gasteiger partial charge in [-0.05, 0) is 18.4 Å². The van der Waals surface area contributed by atoms with E-state index in [0.717, 1.165) is 18.6 Å². The smallest absolute Gasteiger partial charge is 0.139 e. The van der Waals surface area contributed by atoms with Crippen molar-refractivity contribution < 1.29 is 4.79 Å². The summed E-state index contributed by atoms with van der Waals surface area (Å²) in [6.45, 7) is 6.11. The van der Waals surface area contributed by atoms with Crippen LogP contribution in [0.5, 0.6) is 0 Å². The molecule has 0 aromatic carbocycles. The maximum atomic E-state index is 11.4. The number of rotatable bonds is 5. The van der Waals surface area contributed by atoms with Gasteiger partial charge < -0.3 is 0 Å². The third kappa shape index (κ3) is 3.80. The second-order valence-corrected chi connectivity index (χ2v) is 4.39. The van der Waals surface area contributed by atoms with Crippen molar-refractivity contribution >= 4 is 17.5 Å². The largest absolute Gasteiger partial charge is 0.299 e. The SMILES string of the molecule is CCC(C)(C)C(=O)CCSC. The predicted octanol–water partition coefficient (Wildman–Crippen LogP) is 2.74. The van der Waals surface area contributed by atoms with E-state index >= 15 is 0 Å². The fourth-order valence-corrected chi connectivity index (χ4v) is 1.12. The minimum atomic E-state index is -0.101. The molecule has 0 amide bonds. The van der Waals surface area contributed by atoms with Gasteiger partial charge in [0.15, 0.2) is 0 Å². The Kier molecular flexibility index (Phi) is 4.82. The van der Waals surface area contributed by atoms with Crippen molar-refractivity contribution in [2.24, 2.45) is 5.41 Å². The second kappa shape index (κ2) is 4.81. The molecule has 0 fully saturated rings. The lowest BCUT2D eigenvalue weighted by Crippen LogP contribution is -2.23. The molecule has 0 N–H and O–H groups in total. The van der Waals surface area contributed by atoms with Crippen LogP contribution < -0.4 is 0 Å². The maximum Gasteiger partial charge on any atom is 0.139 e. The van der Waals surface area contributed by atoms with Crippen LogP contribution in [0.15, 0.2) is 0 Å². The first-order valence-corrected chi connectivity index (χ1v) is 5.46. The fourth-order valence-electron chi connectivity index (χ4n) is 0.730. The van der Waals surface area contributed by atoms with Gasteiger partial charge in [-0.15, -0.1) is 0 Å². The van der Waals surface area contributed by atoms with Gasteiger partial charge in [-0.1, -0.05) is 20.8 Å². The van der Waals surface area contributed by atoms with Crippen molar-refractivity contribution in [3.05, 3.63) is 0 Å². The molecule has 0 unspecified atom stereocenters. The topological polar surface area (TPSA) is 17.1 Å². The first-order valence-electron chi connectivity index (χ1n) is 4.07. The van der Waals surface area contributed by atoms with Crippen LogP contribution in [0.2, 0.25) is 0 Å². The summed E-state index contributed by atoms with van der Waals surface area (Å²) >= 11 is 1.74. The summed E-state index contributed by atoms with van der Waals surface area (Å²) in [7, 11) is 0. The molecule has 0 saturated carbocycles. The molecular formula is C9H18OS. The zero-order valence-electron chi connectivity index (χ0n) is 7.94. The fraction of sp³-hybridized carbons (Fsp3) is 0.889. The number of Topliss-reactive ketones (excluding diaryl/α,β-unsaturated/α-hetero) is 1. The number of carbonyl (C=O) groups is 1. The molecule has 0 aliphatic rings.